The summed E-state index contributed by atoms with van der Waals surface area (Å²) in [6.07, 6.45) is 0. The second-order valence-electron chi connectivity index (χ2n) is 5.67. The van der Waals surface area contributed by atoms with Crippen molar-refractivity contribution in [2.45, 2.75) is 5.54 Å². The average molecular weight is 347 g/mol. The summed E-state index contributed by atoms with van der Waals surface area (Å²) < 4.78 is 1.68. The second-order valence-corrected chi connectivity index (χ2v) is 6.01. The van der Waals surface area contributed by atoms with E-state index < -0.39 is 5.54 Å². The third-order valence-corrected chi connectivity index (χ3v) is 4.56. The van der Waals surface area contributed by atoms with Crippen LogP contribution in [0.4, 0.5) is 0 Å². The highest BCUT2D eigenvalue weighted by Gasteiger charge is 2.41. The van der Waals surface area contributed by atoms with Crippen molar-refractivity contribution in [3.05, 3.63) is 113 Å². The summed E-state index contributed by atoms with van der Waals surface area (Å²) in [4.78, 5) is 0. The molecule has 0 aliphatic heterocycles. The number of hydrogen-bond donors (Lipinski definition) is 0. The molecule has 0 saturated carbocycles. The van der Waals surface area contributed by atoms with Gasteiger partial charge in [0.25, 0.3) is 0 Å². The Morgan fingerprint density at radius 2 is 1.04 bits per heavy atom. The van der Waals surface area contributed by atoms with Crippen LogP contribution in [0.5, 0.6) is 0 Å². The predicted octanol–water partition coefficient (Wildman–Crippen LogP) is 4.17. The van der Waals surface area contributed by atoms with Crippen LogP contribution in [0.15, 0.2) is 91.0 Å². The van der Waals surface area contributed by atoms with Crippen molar-refractivity contribution in [1.82, 2.24) is 20.2 Å². The first-order valence-electron chi connectivity index (χ1n) is 7.94. The fraction of sp³-hybridized carbons (Fsp3) is 0.0500. The van der Waals surface area contributed by atoms with Crippen molar-refractivity contribution < 1.29 is 0 Å². The zero-order valence-corrected chi connectivity index (χ0v) is 14.1. The van der Waals surface area contributed by atoms with Crippen LogP contribution in [0, 0.1) is 0 Å². The molecule has 0 unspecified atom stereocenters. The van der Waals surface area contributed by atoms with E-state index in [4.69, 9.17) is 11.6 Å². The number of tetrazole rings is 1. The predicted molar refractivity (Wildman–Crippen MR) is 97.4 cm³/mol. The van der Waals surface area contributed by atoms with E-state index in [-0.39, 0.29) is 5.28 Å². The van der Waals surface area contributed by atoms with E-state index in [1.54, 1.807) is 4.68 Å². The summed E-state index contributed by atoms with van der Waals surface area (Å²) in [5, 5.41) is 12.2. The molecule has 0 atom stereocenters. The van der Waals surface area contributed by atoms with E-state index in [1.807, 2.05) is 54.6 Å². The smallest absolute Gasteiger partial charge is 0.196 e. The van der Waals surface area contributed by atoms with Gasteiger partial charge in [0.15, 0.2) is 0 Å². The fourth-order valence-corrected chi connectivity index (χ4v) is 3.48. The minimum absolute atomic E-state index is 0.233. The maximum atomic E-state index is 6.40. The SMILES string of the molecule is Clc1nnnn1C(c1ccccc1)(c1ccccc1)c1ccccc1. The van der Waals surface area contributed by atoms with Gasteiger partial charge in [-0.05, 0) is 38.7 Å². The van der Waals surface area contributed by atoms with Crippen molar-refractivity contribution >= 4 is 11.6 Å². The van der Waals surface area contributed by atoms with E-state index in [0.29, 0.717) is 0 Å². The molecular formula is C20H15ClN4. The molecule has 122 valence electrons. The van der Waals surface area contributed by atoms with Crippen LogP contribution in [0.1, 0.15) is 16.7 Å². The molecule has 25 heavy (non-hydrogen) atoms. The molecule has 0 bridgehead atoms. The Bertz CT molecular complexity index is 856. The van der Waals surface area contributed by atoms with Gasteiger partial charge in [0, 0.05) is 0 Å². The fourth-order valence-electron chi connectivity index (χ4n) is 3.29. The topological polar surface area (TPSA) is 43.6 Å². The normalized spacial score (nSPS) is 11.4. The van der Waals surface area contributed by atoms with Crippen molar-refractivity contribution in [1.29, 1.82) is 0 Å². The van der Waals surface area contributed by atoms with Gasteiger partial charge in [-0.15, -0.1) is 0 Å². The van der Waals surface area contributed by atoms with Gasteiger partial charge >= 0.3 is 0 Å². The Hall–Kier alpha value is -2.98. The molecule has 4 aromatic rings. The molecule has 1 heterocycles. The minimum Gasteiger partial charge on any atom is -0.196 e. The van der Waals surface area contributed by atoms with Gasteiger partial charge in [-0.2, -0.15) is 4.68 Å². The van der Waals surface area contributed by atoms with Crippen LogP contribution in [0.2, 0.25) is 5.28 Å². The molecule has 0 spiro atoms. The molecule has 0 fully saturated rings. The summed E-state index contributed by atoms with van der Waals surface area (Å²) in [6, 6.07) is 30.4. The molecule has 3 aromatic carbocycles. The number of aromatic nitrogens is 4. The number of benzene rings is 3. The Balaban J connectivity index is 2.15. The lowest BCUT2D eigenvalue weighted by Crippen LogP contribution is -2.38. The highest BCUT2D eigenvalue weighted by Crippen LogP contribution is 2.41. The molecule has 4 rings (SSSR count). The molecule has 5 heteroatoms. The lowest BCUT2D eigenvalue weighted by Gasteiger charge is -2.35. The van der Waals surface area contributed by atoms with Crippen LogP contribution in [-0.2, 0) is 5.54 Å². The molecule has 0 amide bonds. The summed E-state index contributed by atoms with van der Waals surface area (Å²) in [5.41, 5.74) is 2.33. The monoisotopic (exact) mass is 346 g/mol. The van der Waals surface area contributed by atoms with Crippen LogP contribution in [0.25, 0.3) is 0 Å². The van der Waals surface area contributed by atoms with Gasteiger partial charge in [-0.3, -0.25) is 0 Å². The molecule has 1 aromatic heterocycles. The lowest BCUT2D eigenvalue weighted by atomic mass is 9.77. The molecule has 4 nitrogen and oxygen atoms in total. The molecule has 0 aliphatic carbocycles. The minimum atomic E-state index is -0.760. The molecule has 0 saturated heterocycles. The first kappa shape index (κ1) is 15.5. The largest absolute Gasteiger partial charge is 0.244 e. The average Bonchev–Trinajstić information content (AvgIpc) is 3.12. The lowest BCUT2D eigenvalue weighted by molar-refractivity contribution is 0.447. The van der Waals surface area contributed by atoms with Crippen molar-refractivity contribution in [2.24, 2.45) is 0 Å². The standard InChI is InChI=1S/C20H15ClN4/c21-19-22-23-24-25(19)20(16-10-4-1-5-11-16,17-12-6-2-7-13-17)18-14-8-3-9-15-18/h1-15H. The highest BCUT2D eigenvalue weighted by molar-refractivity contribution is 6.28. The molecular weight excluding hydrogens is 332 g/mol. The van der Waals surface area contributed by atoms with E-state index >= 15 is 0 Å². The van der Waals surface area contributed by atoms with E-state index in [1.165, 1.54) is 0 Å². The van der Waals surface area contributed by atoms with Crippen LogP contribution in [-0.4, -0.2) is 20.2 Å². The Kier molecular flexibility index (Phi) is 4.04. The number of nitrogens with zero attached hydrogens (tertiary/aromatic N) is 4. The first-order chi connectivity index (χ1) is 12.3. The second kappa shape index (κ2) is 6.49. The third kappa shape index (κ3) is 2.51. The Morgan fingerprint density at radius 3 is 1.36 bits per heavy atom. The van der Waals surface area contributed by atoms with Crippen molar-refractivity contribution in [3.8, 4) is 0 Å². The molecule has 0 radical (unpaired) electrons. The van der Waals surface area contributed by atoms with Gasteiger partial charge < -0.3 is 0 Å². The maximum absolute atomic E-state index is 6.40. The Morgan fingerprint density at radius 1 is 0.640 bits per heavy atom. The Labute approximate surface area is 150 Å². The van der Waals surface area contributed by atoms with E-state index in [9.17, 15) is 0 Å². The molecule has 0 aliphatic rings. The summed E-state index contributed by atoms with van der Waals surface area (Å²) in [6.45, 7) is 0. The first-order valence-corrected chi connectivity index (χ1v) is 8.32. The van der Waals surface area contributed by atoms with E-state index in [0.717, 1.165) is 16.7 Å². The summed E-state index contributed by atoms with van der Waals surface area (Å²) in [5.74, 6) is 0. The number of hydrogen-bond acceptors (Lipinski definition) is 3. The van der Waals surface area contributed by atoms with Crippen LogP contribution < -0.4 is 0 Å². The number of rotatable bonds is 4. The van der Waals surface area contributed by atoms with E-state index in [2.05, 4.69) is 51.9 Å². The van der Waals surface area contributed by atoms with Crippen LogP contribution in [0.3, 0.4) is 0 Å². The zero-order valence-electron chi connectivity index (χ0n) is 13.3. The van der Waals surface area contributed by atoms with Gasteiger partial charge in [0.05, 0.1) is 0 Å². The van der Waals surface area contributed by atoms with Crippen molar-refractivity contribution in [2.75, 3.05) is 0 Å². The van der Waals surface area contributed by atoms with Gasteiger partial charge in [-0.1, -0.05) is 96.1 Å². The highest BCUT2D eigenvalue weighted by atomic mass is 35.5. The maximum Gasteiger partial charge on any atom is 0.244 e. The van der Waals surface area contributed by atoms with Crippen LogP contribution >= 0.6 is 11.6 Å². The number of halogens is 1. The summed E-state index contributed by atoms with van der Waals surface area (Å²) >= 11 is 6.40. The third-order valence-electron chi connectivity index (χ3n) is 4.32. The molecule has 0 N–H and O–H groups in total. The zero-order chi connectivity index (χ0) is 17.1. The van der Waals surface area contributed by atoms with Gasteiger partial charge in [0.2, 0.25) is 5.28 Å². The van der Waals surface area contributed by atoms with Gasteiger partial charge in [-0.25, -0.2) is 0 Å². The van der Waals surface area contributed by atoms with Gasteiger partial charge in [0.1, 0.15) is 5.54 Å². The van der Waals surface area contributed by atoms with Crippen molar-refractivity contribution in [3.63, 3.8) is 0 Å². The summed E-state index contributed by atoms with van der Waals surface area (Å²) in [7, 11) is 0. The quantitative estimate of drug-likeness (QED) is 0.521.